The van der Waals surface area contributed by atoms with E-state index in [1.165, 1.54) is 16.8 Å². The van der Waals surface area contributed by atoms with Crippen molar-refractivity contribution in [3.63, 3.8) is 0 Å². The number of pyridine rings is 1. The van der Waals surface area contributed by atoms with Gasteiger partial charge in [-0.2, -0.15) is 0 Å². The van der Waals surface area contributed by atoms with Crippen LogP contribution in [0.1, 0.15) is 0 Å². The third-order valence-corrected chi connectivity index (χ3v) is 5.23. The monoisotopic (exact) mass is 472 g/mol. The van der Waals surface area contributed by atoms with Gasteiger partial charge in [-0.1, -0.05) is 17.3 Å². The number of ether oxygens (including phenoxy) is 3. The molecule has 5 aromatic rings. The Labute approximate surface area is 200 Å². The van der Waals surface area contributed by atoms with Gasteiger partial charge in [0.15, 0.2) is 11.6 Å². The van der Waals surface area contributed by atoms with Gasteiger partial charge in [0.05, 0.1) is 29.7 Å². The summed E-state index contributed by atoms with van der Waals surface area (Å²) < 4.78 is 31.9. The van der Waals surface area contributed by atoms with Crippen LogP contribution in [0.2, 0.25) is 0 Å². The summed E-state index contributed by atoms with van der Waals surface area (Å²) in [4.78, 5) is 4.71. The highest BCUT2D eigenvalue weighted by molar-refractivity contribution is 5.87. The van der Waals surface area contributed by atoms with E-state index in [0.717, 1.165) is 10.9 Å². The average molecular weight is 472 g/mol. The lowest BCUT2D eigenvalue weighted by Crippen LogP contribution is -2.04. The normalized spacial score (nSPS) is 11.0. The quantitative estimate of drug-likeness (QED) is 0.313. The molecule has 1 N–H and O–H groups in total. The summed E-state index contributed by atoms with van der Waals surface area (Å²) in [6.07, 6.45) is 1.65. The summed E-state index contributed by atoms with van der Waals surface area (Å²) in [5.74, 6) is 0.827. The van der Waals surface area contributed by atoms with Gasteiger partial charge in [0.2, 0.25) is 0 Å². The van der Waals surface area contributed by atoms with Crippen LogP contribution >= 0.6 is 0 Å². The Bertz CT molecular complexity index is 1490. The number of hydrogen-bond donors (Lipinski definition) is 1. The number of aromatic hydroxyl groups is 1. The third-order valence-electron chi connectivity index (χ3n) is 5.23. The Kier molecular flexibility index (Phi) is 6.23. The summed E-state index contributed by atoms with van der Waals surface area (Å²) in [5, 5.41) is 18.4. The Balaban J connectivity index is 1.39. The summed E-state index contributed by atoms with van der Waals surface area (Å²) in [5.41, 5.74) is 2.28. The highest BCUT2D eigenvalue weighted by Gasteiger charge is 2.12. The first-order valence-corrected chi connectivity index (χ1v) is 10.8. The van der Waals surface area contributed by atoms with E-state index in [-0.39, 0.29) is 0 Å². The summed E-state index contributed by atoms with van der Waals surface area (Å²) in [6.45, 7) is 0.954. The highest BCUT2D eigenvalue weighted by Crippen LogP contribution is 2.32. The predicted octanol–water partition coefficient (Wildman–Crippen LogP) is 5.14. The van der Waals surface area contributed by atoms with Gasteiger partial charge in [0, 0.05) is 24.6 Å². The van der Waals surface area contributed by atoms with Gasteiger partial charge in [-0.3, -0.25) is 0 Å². The molecule has 0 aliphatic carbocycles. The molecular formula is C26H21FN4O4. The first-order chi connectivity index (χ1) is 17.1. The van der Waals surface area contributed by atoms with Crippen molar-refractivity contribution in [3.8, 4) is 40.1 Å². The molecular weight excluding hydrogens is 451 g/mol. The Hall–Kier alpha value is -4.50. The number of aromatic nitrogens is 4. The van der Waals surface area contributed by atoms with E-state index in [1.807, 2.05) is 54.6 Å². The topological polar surface area (TPSA) is 91.5 Å². The van der Waals surface area contributed by atoms with E-state index < -0.39 is 11.6 Å². The van der Waals surface area contributed by atoms with Crippen LogP contribution in [0.25, 0.3) is 28.0 Å². The van der Waals surface area contributed by atoms with E-state index in [0.29, 0.717) is 47.5 Å². The van der Waals surface area contributed by atoms with E-state index in [2.05, 4.69) is 10.3 Å². The standard InChI is InChI=1S/C26H21FN4O4/c1-33-12-13-34-18-4-2-5-19(15-18)35-26-7-3-6-22-20(26)9-10-23(28-22)24-16-31(30-29-24)17-8-11-25(32)21(27)14-17/h2-11,14-16,32H,12-13H2,1H3. The van der Waals surface area contributed by atoms with Crippen LogP contribution in [-0.4, -0.2) is 45.4 Å². The zero-order valence-corrected chi connectivity index (χ0v) is 18.8. The minimum absolute atomic E-state index is 0.423. The average Bonchev–Trinajstić information content (AvgIpc) is 3.36. The summed E-state index contributed by atoms with van der Waals surface area (Å²) in [6, 6.07) is 20.8. The second kappa shape index (κ2) is 9.78. The van der Waals surface area contributed by atoms with Gasteiger partial charge < -0.3 is 19.3 Å². The van der Waals surface area contributed by atoms with Gasteiger partial charge >= 0.3 is 0 Å². The Morgan fingerprint density at radius 2 is 1.77 bits per heavy atom. The lowest BCUT2D eigenvalue weighted by atomic mass is 10.1. The molecule has 0 saturated carbocycles. The third kappa shape index (κ3) is 4.90. The second-order valence-electron chi connectivity index (χ2n) is 7.62. The van der Waals surface area contributed by atoms with E-state index in [9.17, 15) is 9.50 Å². The highest BCUT2D eigenvalue weighted by atomic mass is 19.1. The maximum atomic E-state index is 13.7. The molecule has 0 aliphatic heterocycles. The number of nitrogens with zero attached hydrogens (tertiary/aromatic N) is 4. The molecule has 5 rings (SSSR count). The number of benzene rings is 3. The molecule has 35 heavy (non-hydrogen) atoms. The number of phenols is 1. The van der Waals surface area contributed by atoms with Crippen molar-refractivity contribution in [1.29, 1.82) is 0 Å². The molecule has 0 aliphatic rings. The predicted molar refractivity (Wildman–Crippen MR) is 128 cm³/mol. The number of fused-ring (bicyclic) bond motifs is 1. The molecule has 0 spiro atoms. The second-order valence-corrected chi connectivity index (χ2v) is 7.62. The van der Waals surface area contributed by atoms with E-state index in [4.69, 9.17) is 19.2 Å². The number of methoxy groups -OCH3 is 1. The maximum Gasteiger partial charge on any atom is 0.166 e. The fraction of sp³-hybridized carbons (Fsp3) is 0.115. The lowest BCUT2D eigenvalue weighted by Gasteiger charge is -2.11. The molecule has 8 nitrogen and oxygen atoms in total. The van der Waals surface area contributed by atoms with Crippen molar-refractivity contribution in [2.45, 2.75) is 0 Å². The largest absolute Gasteiger partial charge is 0.505 e. The number of hydrogen-bond acceptors (Lipinski definition) is 7. The molecule has 2 aromatic heterocycles. The number of phenolic OH excluding ortho intramolecular Hbond substituents is 1. The fourth-order valence-electron chi connectivity index (χ4n) is 3.50. The van der Waals surface area contributed by atoms with E-state index >= 15 is 0 Å². The van der Waals surface area contributed by atoms with Gasteiger partial charge in [-0.25, -0.2) is 14.1 Å². The Morgan fingerprint density at radius 1 is 0.914 bits per heavy atom. The summed E-state index contributed by atoms with van der Waals surface area (Å²) >= 11 is 0. The minimum Gasteiger partial charge on any atom is -0.505 e. The van der Waals surface area contributed by atoms with Crippen LogP contribution in [0.3, 0.4) is 0 Å². The SMILES string of the molecule is COCCOc1cccc(Oc2cccc3nc(-c4cn(-c5ccc(O)c(F)c5)nn4)ccc23)c1. The molecule has 0 fully saturated rings. The molecule has 0 bridgehead atoms. The van der Waals surface area contributed by atoms with Gasteiger partial charge in [0.1, 0.15) is 29.5 Å². The fourth-order valence-corrected chi connectivity index (χ4v) is 3.50. The molecule has 2 heterocycles. The molecule has 0 radical (unpaired) electrons. The first kappa shape index (κ1) is 22.3. The van der Waals surface area contributed by atoms with Crippen LogP contribution in [0.15, 0.2) is 79.0 Å². The molecule has 0 unspecified atom stereocenters. The van der Waals surface area contributed by atoms with Crippen LogP contribution in [0, 0.1) is 5.82 Å². The zero-order chi connectivity index (χ0) is 24.2. The van der Waals surface area contributed by atoms with E-state index in [1.54, 1.807) is 19.4 Å². The molecule has 3 aromatic carbocycles. The van der Waals surface area contributed by atoms with Crippen molar-refractivity contribution < 1.29 is 23.7 Å². The van der Waals surface area contributed by atoms with Crippen LogP contribution < -0.4 is 9.47 Å². The first-order valence-electron chi connectivity index (χ1n) is 10.8. The van der Waals surface area contributed by atoms with Crippen LogP contribution in [0.4, 0.5) is 4.39 Å². The van der Waals surface area contributed by atoms with Gasteiger partial charge in [-0.15, -0.1) is 5.10 Å². The van der Waals surface area contributed by atoms with Gasteiger partial charge in [0.25, 0.3) is 0 Å². The molecule has 0 saturated heterocycles. The minimum atomic E-state index is -0.733. The molecule has 0 amide bonds. The zero-order valence-electron chi connectivity index (χ0n) is 18.8. The summed E-state index contributed by atoms with van der Waals surface area (Å²) in [7, 11) is 1.63. The van der Waals surface area contributed by atoms with Crippen LogP contribution in [0.5, 0.6) is 23.0 Å². The van der Waals surface area contributed by atoms with Crippen molar-refractivity contribution in [3.05, 3.63) is 84.8 Å². The van der Waals surface area contributed by atoms with Crippen molar-refractivity contribution >= 4 is 10.9 Å². The van der Waals surface area contributed by atoms with Crippen LogP contribution in [-0.2, 0) is 4.74 Å². The van der Waals surface area contributed by atoms with Crippen molar-refractivity contribution in [2.75, 3.05) is 20.3 Å². The molecule has 9 heteroatoms. The number of rotatable bonds is 8. The molecule has 0 atom stereocenters. The van der Waals surface area contributed by atoms with Gasteiger partial charge in [-0.05, 0) is 48.5 Å². The van der Waals surface area contributed by atoms with Crippen molar-refractivity contribution in [1.82, 2.24) is 20.0 Å². The number of halogens is 1. The Morgan fingerprint density at radius 3 is 2.63 bits per heavy atom. The maximum absolute atomic E-state index is 13.7. The molecule has 176 valence electrons. The van der Waals surface area contributed by atoms with Crippen molar-refractivity contribution in [2.24, 2.45) is 0 Å². The smallest absolute Gasteiger partial charge is 0.166 e. The lowest BCUT2D eigenvalue weighted by molar-refractivity contribution is 0.146.